The molecular formula is C24H39NO5. The van der Waals surface area contributed by atoms with Gasteiger partial charge in [0.2, 0.25) is 0 Å². The second-order valence-corrected chi connectivity index (χ2v) is 9.63. The number of rotatable bonds is 10. The van der Waals surface area contributed by atoms with E-state index in [1.54, 1.807) is 12.1 Å². The molecule has 1 heterocycles. The summed E-state index contributed by atoms with van der Waals surface area (Å²) in [6, 6.07) is 9.14. The monoisotopic (exact) mass is 421 g/mol. The van der Waals surface area contributed by atoms with Crippen LogP contribution in [0, 0.1) is 5.92 Å². The molecule has 0 N–H and O–H groups in total. The summed E-state index contributed by atoms with van der Waals surface area (Å²) in [6.45, 7) is 16.1. The molecule has 1 atom stereocenters. The number of hydrogen-bond acceptors (Lipinski definition) is 6. The van der Waals surface area contributed by atoms with Gasteiger partial charge in [-0.1, -0.05) is 32.0 Å². The van der Waals surface area contributed by atoms with Crippen molar-refractivity contribution in [3.63, 3.8) is 0 Å². The Morgan fingerprint density at radius 3 is 2.17 bits per heavy atom. The molecule has 30 heavy (non-hydrogen) atoms. The lowest BCUT2D eigenvalue weighted by atomic mass is 9.80. The molecule has 6 heteroatoms. The number of ether oxygens (including phenoxy) is 3. The summed E-state index contributed by atoms with van der Waals surface area (Å²) in [5, 5.41) is 2.03. The van der Waals surface area contributed by atoms with Crippen LogP contribution in [0.3, 0.4) is 0 Å². The first kappa shape index (κ1) is 24.8. The van der Waals surface area contributed by atoms with Crippen molar-refractivity contribution in [2.75, 3.05) is 19.8 Å². The van der Waals surface area contributed by atoms with Crippen LogP contribution >= 0.6 is 0 Å². The normalized spacial score (nSPS) is 20.3. The van der Waals surface area contributed by atoms with Crippen LogP contribution in [0.15, 0.2) is 30.3 Å². The average molecular weight is 422 g/mol. The standard InChI is InChI=1S/C24H39NO5/c1-8-27-21(28-16-18(2)3)17-29-25-23(4,5)14-20(15-24(25,6)7)30-22(26)19-12-10-9-11-13-19/h9-13,18,20-21H,8,14-17H2,1-7H3. The zero-order valence-electron chi connectivity index (χ0n) is 19.6. The van der Waals surface area contributed by atoms with E-state index in [0.29, 0.717) is 44.1 Å². The first-order valence-electron chi connectivity index (χ1n) is 11.0. The lowest BCUT2D eigenvalue weighted by molar-refractivity contribution is -0.319. The molecule has 1 aromatic rings. The van der Waals surface area contributed by atoms with E-state index in [-0.39, 0.29) is 23.2 Å². The molecule has 0 aromatic heterocycles. The van der Waals surface area contributed by atoms with Crippen LogP contribution in [-0.4, -0.2) is 54.3 Å². The number of piperidine rings is 1. The number of esters is 1. The topological polar surface area (TPSA) is 57.2 Å². The minimum Gasteiger partial charge on any atom is -0.459 e. The third-order valence-electron chi connectivity index (χ3n) is 5.14. The Morgan fingerprint density at radius 2 is 1.63 bits per heavy atom. The quantitative estimate of drug-likeness (QED) is 0.398. The number of benzene rings is 1. The molecule has 1 unspecified atom stereocenters. The summed E-state index contributed by atoms with van der Waals surface area (Å²) in [4.78, 5) is 18.8. The van der Waals surface area contributed by atoms with Gasteiger partial charge in [-0.25, -0.2) is 4.79 Å². The third-order valence-corrected chi connectivity index (χ3v) is 5.14. The SMILES string of the molecule is CCOC(CON1C(C)(C)CC(OC(=O)c2ccccc2)CC1(C)C)OCC(C)C. The fourth-order valence-corrected chi connectivity index (χ4v) is 4.16. The van der Waals surface area contributed by atoms with Crippen molar-refractivity contribution in [3.8, 4) is 0 Å². The second-order valence-electron chi connectivity index (χ2n) is 9.63. The first-order chi connectivity index (χ1) is 14.0. The maximum absolute atomic E-state index is 12.5. The Balaban J connectivity index is 2.00. The Kier molecular flexibility index (Phi) is 8.85. The van der Waals surface area contributed by atoms with E-state index in [9.17, 15) is 4.79 Å². The summed E-state index contributed by atoms with van der Waals surface area (Å²) >= 11 is 0. The maximum atomic E-state index is 12.5. The van der Waals surface area contributed by atoms with Gasteiger partial charge in [0, 0.05) is 30.5 Å². The zero-order valence-corrected chi connectivity index (χ0v) is 19.6. The lowest BCUT2D eigenvalue weighted by Crippen LogP contribution is -2.62. The Bertz CT molecular complexity index is 641. The smallest absolute Gasteiger partial charge is 0.338 e. The number of hydroxylamine groups is 2. The molecular weight excluding hydrogens is 382 g/mol. The molecule has 1 aliphatic heterocycles. The van der Waals surface area contributed by atoms with Crippen LogP contribution in [0.4, 0.5) is 0 Å². The Labute approximate surface area is 181 Å². The maximum Gasteiger partial charge on any atom is 0.338 e. The van der Waals surface area contributed by atoms with Crippen molar-refractivity contribution in [1.82, 2.24) is 5.06 Å². The first-order valence-corrected chi connectivity index (χ1v) is 11.0. The molecule has 6 nitrogen and oxygen atoms in total. The van der Waals surface area contributed by atoms with Gasteiger partial charge in [0.15, 0.2) is 6.29 Å². The molecule has 1 aliphatic rings. The summed E-state index contributed by atoms with van der Waals surface area (Å²) < 4.78 is 17.4. The number of carbonyl (C=O) groups is 1. The van der Waals surface area contributed by atoms with E-state index in [1.807, 2.05) is 30.2 Å². The predicted octanol–water partition coefficient (Wildman–Crippen LogP) is 4.83. The summed E-state index contributed by atoms with van der Waals surface area (Å²) in [7, 11) is 0. The minimum atomic E-state index is -0.405. The van der Waals surface area contributed by atoms with Gasteiger partial charge in [0.05, 0.1) is 12.2 Å². The predicted molar refractivity (Wildman–Crippen MR) is 117 cm³/mol. The molecule has 0 radical (unpaired) electrons. The van der Waals surface area contributed by atoms with E-state index >= 15 is 0 Å². The molecule has 2 rings (SSSR count). The lowest BCUT2D eigenvalue weighted by Gasteiger charge is -2.53. The van der Waals surface area contributed by atoms with Crippen LogP contribution < -0.4 is 0 Å². The molecule has 170 valence electrons. The molecule has 0 saturated carbocycles. The van der Waals surface area contributed by atoms with Crippen LogP contribution in [0.25, 0.3) is 0 Å². The minimum absolute atomic E-state index is 0.178. The fraction of sp³-hybridized carbons (Fsp3) is 0.708. The van der Waals surface area contributed by atoms with E-state index in [2.05, 4.69) is 41.5 Å². The largest absolute Gasteiger partial charge is 0.459 e. The van der Waals surface area contributed by atoms with Gasteiger partial charge in [-0.15, -0.1) is 0 Å². The number of nitrogens with zero attached hydrogens (tertiary/aromatic N) is 1. The van der Waals surface area contributed by atoms with Gasteiger partial charge in [-0.2, -0.15) is 5.06 Å². The van der Waals surface area contributed by atoms with E-state index in [1.165, 1.54) is 0 Å². The molecule has 1 saturated heterocycles. The highest BCUT2D eigenvalue weighted by Gasteiger charge is 2.48. The molecule has 0 bridgehead atoms. The zero-order chi connectivity index (χ0) is 22.4. The van der Waals surface area contributed by atoms with Crippen molar-refractivity contribution in [2.24, 2.45) is 5.92 Å². The highest BCUT2D eigenvalue weighted by molar-refractivity contribution is 5.89. The summed E-state index contributed by atoms with van der Waals surface area (Å²) in [5.74, 6) is 0.149. The second kappa shape index (κ2) is 10.7. The van der Waals surface area contributed by atoms with Crippen LogP contribution in [0.5, 0.6) is 0 Å². The Hall–Kier alpha value is -1.47. The van der Waals surface area contributed by atoms with Crippen molar-refractivity contribution < 1.29 is 23.8 Å². The van der Waals surface area contributed by atoms with Crippen molar-refractivity contribution in [1.29, 1.82) is 0 Å². The van der Waals surface area contributed by atoms with Crippen LogP contribution in [-0.2, 0) is 19.0 Å². The molecule has 1 fully saturated rings. The molecule has 0 amide bonds. The summed E-state index contributed by atoms with van der Waals surface area (Å²) in [6.07, 6.45) is 0.780. The summed E-state index contributed by atoms with van der Waals surface area (Å²) in [5.41, 5.74) is -0.0650. The molecule has 0 spiro atoms. The molecule has 1 aromatic carbocycles. The average Bonchev–Trinajstić information content (AvgIpc) is 2.64. The Morgan fingerprint density at radius 1 is 1.03 bits per heavy atom. The van der Waals surface area contributed by atoms with Gasteiger partial charge < -0.3 is 14.2 Å². The van der Waals surface area contributed by atoms with Gasteiger partial charge >= 0.3 is 5.97 Å². The van der Waals surface area contributed by atoms with Crippen LogP contribution in [0.2, 0.25) is 0 Å². The highest BCUT2D eigenvalue weighted by Crippen LogP contribution is 2.40. The fourth-order valence-electron chi connectivity index (χ4n) is 4.16. The van der Waals surface area contributed by atoms with Gasteiger partial charge in [-0.3, -0.25) is 4.84 Å². The van der Waals surface area contributed by atoms with E-state index in [4.69, 9.17) is 19.0 Å². The highest BCUT2D eigenvalue weighted by atomic mass is 16.7. The number of carbonyl (C=O) groups excluding carboxylic acids is 1. The van der Waals surface area contributed by atoms with Crippen LogP contribution in [0.1, 0.15) is 71.7 Å². The van der Waals surface area contributed by atoms with Gasteiger partial charge in [0.25, 0.3) is 0 Å². The van der Waals surface area contributed by atoms with Crippen molar-refractivity contribution in [2.45, 2.75) is 84.8 Å². The van der Waals surface area contributed by atoms with Gasteiger partial charge in [0.1, 0.15) is 12.7 Å². The van der Waals surface area contributed by atoms with Crippen molar-refractivity contribution >= 4 is 5.97 Å². The van der Waals surface area contributed by atoms with E-state index in [0.717, 1.165) is 0 Å². The van der Waals surface area contributed by atoms with Gasteiger partial charge in [-0.05, 0) is 52.7 Å². The van der Waals surface area contributed by atoms with Crippen molar-refractivity contribution in [3.05, 3.63) is 35.9 Å². The van der Waals surface area contributed by atoms with E-state index < -0.39 is 6.29 Å². The molecule has 0 aliphatic carbocycles. The number of hydrogen-bond donors (Lipinski definition) is 0. The third kappa shape index (κ3) is 7.05.